The van der Waals surface area contributed by atoms with E-state index in [4.69, 9.17) is 21.1 Å². The topological polar surface area (TPSA) is 84.9 Å². The van der Waals surface area contributed by atoms with Crippen LogP contribution >= 0.6 is 11.6 Å². The van der Waals surface area contributed by atoms with Crippen molar-refractivity contribution < 1.29 is 23.9 Å². The van der Waals surface area contributed by atoms with Gasteiger partial charge in [-0.15, -0.1) is 0 Å². The molecule has 0 unspecified atom stereocenters. The maximum atomic E-state index is 12.3. The SMILES string of the molecule is CC(C)(C)OC(=O)CCN(NC(=O)OCC1c2ccccc2-c2ccccc21)C(=O)Cl. The standard InChI is InChI=1S/C23H25ClN2O5/c1-23(2,3)31-20(27)12-13-26(21(24)28)25-22(29)30-14-19-17-10-6-4-8-15(17)16-9-5-7-11-18(16)19/h4-11,19H,12-14H2,1-3H3,(H,25,29). The number of amides is 2. The molecule has 3 rings (SSSR count). The fourth-order valence-corrected chi connectivity index (χ4v) is 3.65. The number of benzene rings is 2. The lowest BCUT2D eigenvalue weighted by Crippen LogP contribution is -2.45. The molecule has 0 aliphatic heterocycles. The van der Waals surface area contributed by atoms with Crippen LogP contribution in [0.25, 0.3) is 11.1 Å². The molecular weight excluding hydrogens is 420 g/mol. The van der Waals surface area contributed by atoms with Gasteiger partial charge in [-0.1, -0.05) is 48.5 Å². The lowest BCUT2D eigenvalue weighted by molar-refractivity contribution is -0.155. The number of carbonyl (C=O) groups excluding carboxylic acids is 3. The number of nitrogens with zero attached hydrogens (tertiary/aromatic N) is 1. The number of nitrogens with one attached hydrogen (secondary N) is 1. The minimum absolute atomic E-state index is 0.0935. The van der Waals surface area contributed by atoms with Gasteiger partial charge in [0.15, 0.2) is 0 Å². The number of hydrazine groups is 1. The van der Waals surface area contributed by atoms with Gasteiger partial charge in [0.05, 0.1) is 13.0 Å². The van der Waals surface area contributed by atoms with Gasteiger partial charge in [0.25, 0.3) is 0 Å². The zero-order valence-electron chi connectivity index (χ0n) is 17.7. The Bertz CT molecular complexity index is 940. The molecule has 2 aromatic rings. The zero-order chi connectivity index (χ0) is 22.6. The highest BCUT2D eigenvalue weighted by molar-refractivity contribution is 6.62. The van der Waals surface area contributed by atoms with E-state index in [9.17, 15) is 14.4 Å². The van der Waals surface area contributed by atoms with E-state index in [1.165, 1.54) is 0 Å². The zero-order valence-corrected chi connectivity index (χ0v) is 18.4. The molecule has 0 spiro atoms. The average molecular weight is 445 g/mol. The molecule has 1 aliphatic rings. The van der Waals surface area contributed by atoms with Crippen molar-refractivity contribution in [3.05, 3.63) is 59.7 Å². The summed E-state index contributed by atoms with van der Waals surface area (Å²) in [6, 6.07) is 15.9. The van der Waals surface area contributed by atoms with Crippen LogP contribution in [0.2, 0.25) is 0 Å². The van der Waals surface area contributed by atoms with E-state index >= 15 is 0 Å². The Morgan fingerprint density at radius 2 is 1.55 bits per heavy atom. The summed E-state index contributed by atoms with van der Waals surface area (Å²) in [5, 5.41) is -0.110. The van der Waals surface area contributed by atoms with Crippen LogP contribution in [-0.4, -0.2) is 41.2 Å². The molecule has 0 atom stereocenters. The Morgan fingerprint density at radius 1 is 1.00 bits per heavy atom. The first-order chi connectivity index (χ1) is 14.7. The molecule has 0 heterocycles. The van der Waals surface area contributed by atoms with Crippen LogP contribution in [0.5, 0.6) is 0 Å². The first kappa shape index (κ1) is 22.6. The minimum Gasteiger partial charge on any atom is -0.460 e. The maximum absolute atomic E-state index is 12.3. The van der Waals surface area contributed by atoms with Gasteiger partial charge in [0.2, 0.25) is 0 Å². The molecule has 31 heavy (non-hydrogen) atoms. The minimum atomic E-state index is -0.933. The van der Waals surface area contributed by atoms with Gasteiger partial charge in [-0.3, -0.25) is 9.59 Å². The number of carbonyl (C=O) groups is 3. The largest absolute Gasteiger partial charge is 0.460 e. The normalized spacial score (nSPS) is 12.5. The van der Waals surface area contributed by atoms with Crippen molar-refractivity contribution >= 4 is 29.0 Å². The number of fused-ring (bicyclic) bond motifs is 3. The van der Waals surface area contributed by atoms with E-state index in [1.807, 2.05) is 48.5 Å². The molecule has 8 heteroatoms. The van der Waals surface area contributed by atoms with Crippen LogP contribution in [-0.2, 0) is 14.3 Å². The Balaban J connectivity index is 1.59. The summed E-state index contributed by atoms with van der Waals surface area (Å²) in [4.78, 5) is 35.8. The summed E-state index contributed by atoms with van der Waals surface area (Å²) in [5.41, 5.74) is 6.02. The highest BCUT2D eigenvalue weighted by Crippen LogP contribution is 2.44. The molecule has 0 fully saturated rings. The monoisotopic (exact) mass is 444 g/mol. The highest BCUT2D eigenvalue weighted by atomic mass is 35.5. The van der Waals surface area contributed by atoms with E-state index in [1.54, 1.807) is 20.8 Å². The van der Waals surface area contributed by atoms with Gasteiger partial charge < -0.3 is 9.47 Å². The van der Waals surface area contributed by atoms with Gasteiger partial charge in [-0.05, 0) is 54.6 Å². The van der Waals surface area contributed by atoms with Gasteiger partial charge in [0.1, 0.15) is 12.2 Å². The Labute approximate surface area is 186 Å². The first-order valence-electron chi connectivity index (χ1n) is 9.96. The van der Waals surface area contributed by atoms with Crippen molar-refractivity contribution in [1.29, 1.82) is 0 Å². The number of esters is 1. The van der Waals surface area contributed by atoms with Crippen LogP contribution in [0.3, 0.4) is 0 Å². The molecule has 0 aromatic heterocycles. The van der Waals surface area contributed by atoms with Crippen molar-refractivity contribution in [3.63, 3.8) is 0 Å². The third-order valence-electron chi connectivity index (χ3n) is 4.74. The van der Waals surface area contributed by atoms with Crippen LogP contribution in [0.1, 0.15) is 44.2 Å². The molecule has 164 valence electrons. The average Bonchev–Trinajstić information content (AvgIpc) is 3.02. The molecule has 0 saturated heterocycles. The lowest BCUT2D eigenvalue weighted by atomic mass is 9.98. The predicted octanol–water partition coefficient (Wildman–Crippen LogP) is 4.83. The van der Waals surface area contributed by atoms with Crippen molar-refractivity contribution in [3.8, 4) is 11.1 Å². The number of hydrogen-bond donors (Lipinski definition) is 1. The smallest absolute Gasteiger partial charge is 0.426 e. The first-order valence-corrected chi connectivity index (χ1v) is 10.3. The van der Waals surface area contributed by atoms with Gasteiger partial charge in [0, 0.05) is 5.92 Å². The second-order valence-corrected chi connectivity index (χ2v) is 8.50. The van der Waals surface area contributed by atoms with Crippen molar-refractivity contribution in [2.75, 3.05) is 13.2 Å². The maximum Gasteiger partial charge on any atom is 0.426 e. The molecule has 0 saturated carbocycles. The molecule has 1 aliphatic carbocycles. The summed E-state index contributed by atoms with van der Waals surface area (Å²) < 4.78 is 10.6. The third kappa shape index (κ3) is 5.76. The lowest BCUT2D eigenvalue weighted by Gasteiger charge is -2.23. The fourth-order valence-electron chi connectivity index (χ4n) is 3.52. The third-order valence-corrected chi connectivity index (χ3v) is 4.95. The van der Waals surface area contributed by atoms with Crippen LogP contribution < -0.4 is 5.43 Å². The fraction of sp³-hybridized carbons (Fsp3) is 0.348. The van der Waals surface area contributed by atoms with Crippen molar-refractivity contribution in [2.45, 2.75) is 38.7 Å². The number of rotatable bonds is 5. The van der Waals surface area contributed by atoms with Gasteiger partial charge in [-0.25, -0.2) is 15.2 Å². The van der Waals surface area contributed by atoms with Gasteiger partial charge in [-0.2, -0.15) is 0 Å². The van der Waals surface area contributed by atoms with E-state index in [-0.39, 0.29) is 25.5 Å². The summed E-state index contributed by atoms with van der Waals surface area (Å²) in [6.45, 7) is 5.18. The Hall–Kier alpha value is -3.06. The number of ether oxygens (including phenoxy) is 2. The van der Waals surface area contributed by atoms with Crippen LogP contribution in [0, 0.1) is 0 Å². The van der Waals surface area contributed by atoms with Crippen LogP contribution in [0.15, 0.2) is 48.5 Å². The number of hydrogen-bond acceptors (Lipinski definition) is 5. The number of halogens is 1. The quantitative estimate of drug-likeness (QED) is 0.309. The molecule has 0 radical (unpaired) electrons. The Morgan fingerprint density at radius 3 is 2.06 bits per heavy atom. The second kappa shape index (κ2) is 9.39. The summed E-state index contributed by atoms with van der Waals surface area (Å²) in [7, 11) is 0. The van der Waals surface area contributed by atoms with E-state index in [2.05, 4.69) is 5.43 Å². The predicted molar refractivity (Wildman–Crippen MR) is 117 cm³/mol. The molecule has 0 bridgehead atoms. The van der Waals surface area contributed by atoms with Gasteiger partial charge >= 0.3 is 17.4 Å². The molecular formula is C23H25ClN2O5. The summed E-state index contributed by atoms with van der Waals surface area (Å²) in [6.07, 6.45) is -0.959. The summed E-state index contributed by atoms with van der Waals surface area (Å²) in [5.74, 6) is -0.621. The van der Waals surface area contributed by atoms with E-state index in [0.29, 0.717) is 0 Å². The summed E-state index contributed by atoms with van der Waals surface area (Å²) >= 11 is 5.53. The molecule has 7 nitrogen and oxygen atoms in total. The molecule has 2 amide bonds. The van der Waals surface area contributed by atoms with Crippen molar-refractivity contribution in [2.24, 2.45) is 0 Å². The van der Waals surface area contributed by atoms with E-state index in [0.717, 1.165) is 27.3 Å². The second-order valence-electron chi connectivity index (χ2n) is 8.18. The Kier molecular flexibility index (Phi) is 6.85. The van der Waals surface area contributed by atoms with E-state index < -0.39 is 23.0 Å². The van der Waals surface area contributed by atoms with Crippen LogP contribution in [0.4, 0.5) is 9.59 Å². The highest BCUT2D eigenvalue weighted by Gasteiger charge is 2.29. The van der Waals surface area contributed by atoms with Crippen molar-refractivity contribution in [1.82, 2.24) is 10.4 Å². The molecule has 1 N–H and O–H groups in total. The molecule has 2 aromatic carbocycles.